The van der Waals surface area contributed by atoms with Crippen molar-refractivity contribution in [2.45, 2.75) is 6.10 Å². The maximum absolute atomic E-state index is 8.69. The third-order valence-electron chi connectivity index (χ3n) is 0.926. The minimum absolute atomic E-state index is 0.0535. The Labute approximate surface area is 59.0 Å². The average Bonchev–Trinajstić information content (AvgIpc) is 1.58. The number of nitrogens with zero attached hydrogens (tertiary/aromatic N) is 1. The summed E-state index contributed by atoms with van der Waals surface area (Å²) < 4.78 is 2.10. The quantitative estimate of drug-likeness (QED) is 0.529. The summed E-state index contributed by atoms with van der Waals surface area (Å²) in [4.78, 5) is 0. The molecule has 1 N–H and O–H groups in total. The Morgan fingerprint density at radius 1 is 1.71 bits per heavy atom. The monoisotopic (exact) mass is 231 g/mol. The third kappa shape index (κ3) is 1.45. The third-order valence-corrected chi connectivity index (χ3v) is 3.09. The van der Waals surface area contributed by atoms with Gasteiger partial charge in [-0.05, 0) is 9.12 Å². The first kappa shape index (κ1) is 6.12. The molecule has 0 bridgehead atoms. The van der Waals surface area contributed by atoms with Gasteiger partial charge in [0, 0.05) is 34.3 Å². The molecule has 1 aliphatic heterocycles. The van der Waals surface area contributed by atoms with E-state index in [1.54, 1.807) is 9.12 Å². The Hall–Kier alpha value is 1.00. The number of hydrogen-bond acceptors (Lipinski definition) is 3. The minimum atomic E-state index is -0.0535. The summed E-state index contributed by atoms with van der Waals surface area (Å²) in [6, 6.07) is 0. The fourth-order valence-electron chi connectivity index (χ4n) is 0.473. The van der Waals surface area contributed by atoms with Gasteiger partial charge in [-0.15, -0.1) is 0 Å². The van der Waals surface area contributed by atoms with Gasteiger partial charge in [0.05, 0.1) is 6.10 Å². The molecule has 1 saturated heterocycles. The van der Waals surface area contributed by atoms with Gasteiger partial charge in [0.2, 0.25) is 0 Å². The highest BCUT2D eigenvalue weighted by Crippen LogP contribution is 2.24. The molecule has 0 aliphatic carbocycles. The molecular formula is C3H6INOS. The molecule has 1 rings (SSSR count). The van der Waals surface area contributed by atoms with Crippen LogP contribution in [0.2, 0.25) is 0 Å². The molecule has 0 aromatic heterocycles. The highest BCUT2D eigenvalue weighted by Gasteiger charge is 2.23. The molecule has 0 aromatic carbocycles. The lowest BCUT2D eigenvalue weighted by Crippen LogP contribution is -2.45. The summed E-state index contributed by atoms with van der Waals surface area (Å²) in [5, 5.41) is 8.69. The Balaban J connectivity index is 2.06. The van der Waals surface area contributed by atoms with Crippen LogP contribution in [0.3, 0.4) is 0 Å². The molecule has 1 aliphatic rings. The van der Waals surface area contributed by atoms with Crippen LogP contribution < -0.4 is 0 Å². The van der Waals surface area contributed by atoms with Crippen molar-refractivity contribution < 1.29 is 5.11 Å². The van der Waals surface area contributed by atoms with E-state index in [2.05, 4.69) is 25.5 Å². The lowest BCUT2D eigenvalue weighted by Gasteiger charge is -2.32. The second-order valence-corrected chi connectivity index (χ2v) is 3.41. The number of β-amino-alcohol motifs (C(OH)–C–C–N with tert-alkyl or cyclic N) is 1. The summed E-state index contributed by atoms with van der Waals surface area (Å²) in [6.07, 6.45) is -0.0535. The van der Waals surface area contributed by atoms with E-state index in [4.69, 9.17) is 5.11 Å². The van der Waals surface area contributed by atoms with Crippen LogP contribution in [-0.2, 0) is 0 Å². The number of hydrogen-bond donors (Lipinski definition) is 1. The van der Waals surface area contributed by atoms with Gasteiger partial charge >= 0.3 is 0 Å². The van der Waals surface area contributed by atoms with Crippen molar-refractivity contribution in [3.8, 4) is 0 Å². The van der Waals surface area contributed by atoms with E-state index in [0.717, 1.165) is 13.1 Å². The van der Waals surface area contributed by atoms with Crippen LogP contribution in [0.15, 0.2) is 0 Å². The Kier molecular flexibility index (Phi) is 2.21. The molecule has 0 unspecified atom stereocenters. The zero-order chi connectivity index (χ0) is 5.28. The first-order chi connectivity index (χ1) is 3.33. The molecule has 0 aromatic rings. The Bertz CT molecular complexity index is 66.0. The van der Waals surface area contributed by atoms with E-state index in [1.807, 2.05) is 0 Å². The van der Waals surface area contributed by atoms with E-state index >= 15 is 0 Å². The number of aliphatic hydroxyl groups is 1. The van der Waals surface area contributed by atoms with Crippen LogP contribution in [0.4, 0.5) is 0 Å². The molecule has 0 atom stereocenters. The SMILES string of the molecule is OC1CN(SI)C1. The van der Waals surface area contributed by atoms with Crippen LogP contribution in [-0.4, -0.2) is 28.6 Å². The molecule has 1 fully saturated rings. The van der Waals surface area contributed by atoms with E-state index in [1.165, 1.54) is 0 Å². The molecular weight excluding hydrogens is 225 g/mol. The van der Waals surface area contributed by atoms with Crippen molar-refractivity contribution in [3.63, 3.8) is 0 Å². The second kappa shape index (κ2) is 2.52. The number of rotatable bonds is 1. The average molecular weight is 231 g/mol. The molecule has 2 nitrogen and oxygen atoms in total. The van der Waals surface area contributed by atoms with Crippen molar-refractivity contribution in [1.82, 2.24) is 4.31 Å². The maximum Gasteiger partial charge on any atom is 0.0813 e. The highest BCUT2D eigenvalue weighted by atomic mass is 127. The largest absolute Gasteiger partial charge is 0.390 e. The first-order valence-electron chi connectivity index (χ1n) is 2.04. The van der Waals surface area contributed by atoms with Gasteiger partial charge in [0.1, 0.15) is 0 Å². The van der Waals surface area contributed by atoms with Crippen LogP contribution in [0.5, 0.6) is 0 Å². The smallest absolute Gasteiger partial charge is 0.0813 e. The fraction of sp³-hybridized carbons (Fsp3) is 1.00. The first-order valence-corrected chi connectivity index (χ1v) is 5.36. The predicted octanol–water partition coefficient (Wildman–Crippen LogP) is 0.661. The highest BCUT2D eigenvalue weighted by molar-refractivity contribution is 14.2. The van der Waals surface area contributed by atoms with Gasteiger partial charge in [0.25, 0.3) is 0 Å². The standard InChI is InChI=1S/C3H6INOS/c4-7-5-1-3(6)2-5/h3,6H,1-2H2. The van der Waals surface area contributed by atoms with E-state index in [-0.39, 0.29) is 6.10 Å². The minimum Gasteiger partial charge on any atom is -0.390 e. The van der Waals surface area contributed by atoms with Crippen LogP contribution >= 0.6 is 30.3 Å². The molecule has 0 saturated carbocycles. The van der Waals surface area contributed by atoms with Gasteiger partial charge in [-0.3, -0.25) is 0 Å². The normalized spacial score (nSPS) is 24.9. The van der Waals surface area contributed by atoms with Crippen molar-refractivity contribution in [2.24, 2.45) is 0 Å². The van der Waals surface area contributed by atoms with Gasteiger partial charge in [-0.1, -0.05) is 0 Å². The molecule has 0 amide bonds. The zero-order valence-electron chi connectivity index (χ0n) is 3.67. The van der Waals surface area contributed by atoms with Crippen molar-refractivity contribution >= 4 is 30.3 Å². The molecule has 1 heterocycles. The topological polar surface area (TPSA) is 23.5 Å². The molecule has 42 valence electrons. The summed E-state index contributed by atoms with van der Waals surface area (Å²) in [5.41, 5.74) is 0. The van der Waals surface area contributed by atoms with Crippen molar-refractivity contribution in [3.05, 3.63) is 0 Å². The lowest BCUT2D eigenvalue weighted by molar-refractivity contribution is 0.0628. The van der Waals surface area contributed by atoms with Crippen LogP contribution in [0.25, 0.3) is 0 Å². The van der Waals surface area contributed by atoms with E-state index in [0.29, 0.717) is 0 Å². The summed E-state index contributed by atoms with van der Waals surface area (Å²) in [6.45, 7) is 1.68. The summed E-state index contributed by atoms with van der Waals surface area (Å²) in [7, 11) is 1.66. The summed E-state index contributed by atoms with van der Waals surface area (Å²) in [5.74, 6) is 0. The zero-order valence-corrected chi connectivity index (χ0v) is 6.65. The van der Waals surface area contributed by atoms with Gasteiger partial charge in [0.15, 0.2) is 0 Å². The van der Waals surface area contributed by atoms with Gasteiger partial charge < -0.3 is 5.11 Å². The maximum atomic E-state index is 8.69. The fourth-order valence-corrected chi connectivity index (χ4v) is 1.89. The molecule has 0 radical (unpaired) electrons. The second-order valence-electron chi connectivity index (χ2n) is 1.57. The Morgan fingerprint density at radius 2 is 2.29 bits per heavy atom. The molecule has 0 spiro atoms. The predicted molar refractivity (Wildman–Crippen MR) is 39.2 cm³/mol. The number of halogens is 1. The molecule has 7 heavy (non-hydrogen) atoms. The summed E-state index contributed by atoms with van der Waals surface area (Å²) >= 11 is 2.21. The van der Waals surface area contributed by atoms with Crippen LogP contribution in [0, 0.1) is 0 Å². The Morgan fingerprint density at radius 3 is 2.43 bits per heavy atom. The van der Waals surface area contributed by atoms with Crippen LogP contribution in [0.1, 0.15) is 0 Å². The van der Waals surface area contributed by atoms with Crippen molar-refractivity contribution in [1.29, 1.82) is 0 Å². The molecule has 4 heteroatoms. The van der Waals surface area contributed by atoms with Crippen molar-refractivity contribution in [2.75, 3.05) is 13.1 Å². The van der Waals surface area contributed by atoms with Gasteiger partial charge in [-0.25, -0.2) is 4.31 Å². The van der Waals surface area contributed by atoms with E-state index < -0.39 is 0 Å². The van der Waals surface area contributed by atoms with E-state index in [9.17, 15) is 0 Å². The lowest BCUT2D eigenvalue weighted by atomic mass is 10.2. The van der Waals surface area contributed by atoms with Gasteiger partial charge in [-0.2, -0.15) is 0 Å². The number of aliphatic hydroxyl groups excluding tert-OH is 1.